The van der Waals surface area contributed by atoms with Crippen LogP contribution >= 0.6 is 0 Å². The Labute approximate surface area is 155 Å². The quantitative estimate of drug-likeness (QED) is 0.789. The van der Waals surface area contributed by atoms with Gasteiger partial charge in [0.05, 0.1) is 0 Å². The molecular formula is C17H19F2N3O4S. The second-order valence-corrected chi connectivity index (χ2v) is 8.17. The molecule has 1 aliphatic rings. The summed E-state index contributed by atoms with van der Waals surface area (Å²) in [6.07, 6.45) is 0.338. The highest BCUT2D eigenvalue weighted by molar-refractivity contribution is 7.89. The van der Waals surface area contributed by atoms with Crippen LogP contribution in [0.2, 0.25) is 0 Å². The fraction of sp³-hybridized carbons (Fsp3) is 0.412. The number of amides is 1. The summed E-state index contributed by atoms with van der Waals surface area (Å²) in [6, 6.07) is 3.21. The predicted molar refractivity (Wildman–Crippen MR) is 91.6 cm³/mol. The van der Waals surface area contributed by atoms with E-state index in [1.807, 2.05) is 0 Å². The van der Waals surface area contributed by atoms with Gasteiger partial charge in [-0.3, -0.25) is 4.79 Å². The van der Waals surface area contributed by atoms with E-state index in [4.69, 9.17) is 4.52 Å². The molecule has 0 radical (unpaired) electrons. The summed E-state index contributed by atoms with van der Waals surface area (Å²) in [7, 11) is -3.84. The number of carbonyl (C=O) groups is 1. The minimum absolute atomic E-state index is 0.00814. The van der Waals surface area contributed by atoms with Crippen LogP contribution in [-0.4, -0.2) is 54.9 Å². The highest BCUT2D eigenvalue weighted by atomic mass is 32.2. The molecule has 146 valence electrons. The Bertz CT molecular complexity index is 935. The van der Waals surface area contributed by atoms with E-state index in [1.54, 1.807) is 0 Å². The van der Waals surface area contributed by atoms with Crippen LogP contribution in [0.15, 0.2) is 27.6 Å². The summed E-state index contributed by atoms with van der Waals surface area (Å²) >= 11 is 0. The number of rotatable bonds is 3. The normalized spacial score (nSPS) is 16.4. The number of benzene rings is 1. The second kappa shape index (κ2) is 7.35. The van der Waals surface area contributed by atoms with Gasteiger partial charge in [-0.1, -0.05) is 11.2 Å². The van der Waals surface area contributed by atoms with Crippen LogP contribution < -0.4 is 0 Å². The van der Waals surface area contributed by atoms with Gasteiger partial charge in [0.15, 0.2) is 5.76 Å². The SMILES string of the molecule is Cc1noc(C)c1S(=O)(=O)N1CCCN(C(=O)c2c(F)cccc2F)CC1. The van der Waals surface area contributed by atoms with Crippen molar-refractivity contribution >= 4 is 15.9 Å². The van der Waals surface area contributed by atoms with E-state index in [-0.39, 0.29) is 42.5 Å². The summed E-state index contributed by atoms with van der Waals surface area (Å²) in [5.74, 6) is -2.48. The van der Waals surface area contributed by atoms with Crippen molar-refractivity contribution in [3.8, 4) is 0 Å². The van der Waals surface area contributed by atoms with Gasteiger partial charge in [0.25, 0.3) is 5.91 Å². The molecule has 0 bridgehead atoms. The van der Waals surface area contributed by atoms with Crippen molar-refractivity contribution in [2.45, 2.75) is 25.2 Å². The molecule has 2 aromatic rings. The van der Waals surface area contributed by atoms with Crippen molar-refractivity contribution < 1.29 is 26.5 Å². The molecule has 0 atom stereocenters. The van der Waals surface area contributed by atoms with Crippen LogP contribution in [0.4, 0.5) is 8.78 Å². The average molecular weight is 399 g/mol. The molecular weight excluding hydrogens is 380 g/mol. The van der Waals surface area contributed by atoms with Crippen LogP contribution in [0.25, 0.3) is 0 Å². The summed E-state index contributed by atoms with van der Waals surface area (Å²) in [5.41, 5.74) is -0.363. The summed E-state index contributed by atoms with van der Waals surface area (Å²) in [5, 5.41) is 3.67. The van der Waals surface area contributed by atoms with Crippen molar-refractivity contribution in [2.24, 2.45) is 0 Å². The van der Waals surface area contributed by atoms with Crippen LogP contribution in [0.5, 0.6) is 0 Å². The average Bonchev–Trinajstić information content (AvgIpc) is 2.81. The lowest BCUT2D eigenvalue weighted by Gasteiger charge is -2.22. The Morgan fingerprint density at radius 1 is 1.11 bits per heavy atom. The molecule has 1 fully saturated rings. The molecule has 1 amide bonds. The van der Waals surface area contributed by atoms with E-state index in [0.717, 1.165) is 12.1 Å². The first kappa shape index (κ1) is 19.4. The molecule has 0 N–H and O–H groups in total. The smallest absolute Gasteiger partial charge is 0.259 e. The Balaban J connectivity index is 1.81. The number of sulfonamides is 1. The first-order valence-corrected chi connectivity index (χ1v) is 9.84. The molecule has 0 aliphatic carbocycles. The minimum Gasteiger partial charge on any atom is -0.360 e. The molecule has 1 aromatic carbocycles. The monoisotopic (exact) mass is 399 g/mol. The largest absolute Gasteiger partial charge is 0.360 e. The van der Waals surface area contributed by atoms with Gasteiger partial charge in [0.1, 0.15) is 27.8 Å². The van der Waals surface area contributed by atoms with Gasteiger partial charge in [-0.05, 0) is 32.4 Å². The van der Waals surface area contributed by atoms with Gasteiger partial charge >= 0.3 is 0 Å². The topological polar surface area (TPSA) is 83.7 Å². The first-order chi connectivity index (χ1) is 12.7. The fourth-order valence-corrected chi connectivity index (χ4v) is 4.93. The van der Waals surface area contributed by atoms with E-state index in [1.165, 1.54) is 29.1 Å². The molecule has 0 unspecified atom stereocenters. The Morgan fingerprint density at radius 3 is 2.37 bits per heavy atom. The summed E-state index contributed by atoms with van der Waals surface area (Å²) in [6.45, 7) is 3.46. The third-order valence-corrected chi connectivity index (χ3v) is 6.63. The van der Waals surface area contributed by atoms with Crippen LogP contribution in [0.3, 0.4) is 0 Å². The number of nitrogens with zero attached hydrogens (tertiary/aromatic N) is 3. The van der Waals surface area contributed by atoms with E-state index >= 15 is 0 Å². The second-order valence-electron chi connectivity index (χ2n) is 6.30. The van der Waals surface area contributed by atoms with Crippen molar-refractivity contribution in [3.63, 3.8) is 0 Å². The lowest BCUT2D eigenvalue weighted by Crippen LogP contribution is -2.38. The van der Waals surface area contributed by atoms with Crippen molar-refractivity contribution in [2.75, 3.05) is 26.2 Å². The predicted octanol–water partition coefficient (Wildman–Crippen LogP) is 2.11. The van der Waals surface area contributed by atoms with E-state index in [0.29, 0.717) is 6.42 Å². The highest BCUT2D eigenvalue weighted by Gasteiger charge is 2.33. The molecule has 3 rings (SSSR count). The molecule has 10 heteroatoms. The Hall–Kier alpha value is -2.33. The fourth-order valence-electron chi connectivity index (χ4n) is 3.17. The van der Waals surface area contributed by atoms with Crippen LogP contribution in [-0.2, 0) is 10.0 Å². The zero-order valence-electron chi connectivity index (χ0n) is 14.9. The van der Waals surface area contributed by atoms with Crippen molar-refractivity contribution in [1.29, 1.82) is 0 Å². The van der Waals surface area contributed by atoms with Gasteiger partial charge in [-0.15, -0.1) is 0 Å². The summed E-state index contributed by atoms with van der Waals surface area (Å²) in [4.78, 5) is 13.8. The molecule has 27 heavy (non-hydrogen) atoms. The summed E-state index contributed by atoms with van der Waals surface area (Å²) < 4.78 is 59.8. The van der Waals surface area contributed by atoms with Gasteiger partial charge in [0, 0.05) is 26.2 Å². The minimum atomic E-state index is -3.84. The lowest BCUT2D eigenvalue weighted by atomic mass is 10.1. The molecule has 2 heterocycles. The van der Waals surface area contributed by atoms with Crippen molar-refractivity contribution in [3.05, 3.63) is 46.9 Å². The van der Waals surface area contributed by atoms with Gasteiger partial charge in [0.2, 0.25) is 10.0 Å². The van der Waals surface area contributed by atoms with Gasteiger partial charge in [-0.2, -0.15) is 4.31 Å². The standard InChI is InChI=1S/C17H19F2N3O4S/c1-11-16(12(2)26-20-11)27(24,25)22-8-4-7-21(9-10-22)17(23)15-13(18)5-3-6-14(15)19/h3,5-6H,4,7-10H2,1-2H3. The van der Waals surface area contributed by atoms with Gasteiger partial charge in [-0.25, -0.2) is 17.2 Å². The maximum absolute atomic E-state index is 13.9. The zero-order valence-corrected chi connectivity index (χ0v) is 15.7. The Kier molecular flexibility index (Phi) is 5.29. The van der Waals surface area contributed by atoms with Crippen molar-refractivity contribution in [1.82, 2.24) is 14.4 Å². The number of halogens is 2. The number of hydrogen-bond donors (Lipinski definition) is 0. The molecule has 1 saturated heterocycles. The molecule has 1 aromatic heterocycles. The molecule has 1 aliphatic heterocycles. The molecule has 0 spiro atoms. The molecule has 0 saturated carbocycles. The number of hydrogen-bond acceptors (Lipinski definition) is 5. The maximum atomic E-state index is 13.9. The zero-order chi connectivity index (χ0) is 19.8. The van der Waals surface area contributed by atoms with Crippen LogP contribution in [0.1, 0.15) is 28.2 Å². The number of carbonyl (C=O) groups excluding carboxylic acids is 1. The third-order valence-electron chi connectivity index (χ3n) is 4.48. The van der Waals surface area contributed by atoms with E-state index in [2.05, 4.69) is 5.16 Å². The van der Waals surface area contributed by atoms with E-state index in [9.17, 15) is 22.0 Å². The number of aryl methyl sites for hydroxylation is 2. The maximum Gasteiger partial charge on any atom is 0.259 e. The third kappa shape index (κ3) is 3.59. The lowest BCUT2D eigenvalue weighted by molar-refractivity contribution is 0.0754. The van der Waals surface area contributed by atoms with Crippen LogP contribution in [0, 0.1) is 25.5 Å². The molecule has 7 nitrogen and oxygen atoms in total. The van der Waals surface area contributed by atoms with E-state index < -0.39 is 33.1 Å². The Morgan fingerprint density at radius 2 is 1.78 bits per heavy atom. The highest BCUT2D eigenvalue weighted by Crippen LogP contribution is 2.25. The van der Waals surface area contributed by atoms with Gasteiger partial charge < -0.3 is 9.42 Å². The first-order valence-electron chi connectivity index (χ1n) is 8.39. The number of aromatic nitrogens is 1.